The number of piperidine rings is 1. The van der Waals surface area contributed by atoms with Gasteiger partial charge in [0.05, 0.1) is 5.69 Å². The zero-order valence-electron chi connectivity index (χ0n) is 20.7. The molecule has 0 radical (unpaired) electrons. The maximum atomic E-state index is 12.4. The van der Waals surface area contributed by atoms with Crippen molar-refractivity contribution in [3.8, 4) is 0 Å². The molecule has 1 fully saturated rings. The molecule has 176 valence electrons. The van der Waals surface area contributed by atoms with Crippen LogP contribution in [0.5, 0.6) is 0 Å². The Kier molecular flexibility index (Phi) is 8.77. The van der Waals surface area contributed by atoms with E-state index in [1.165, 1.54) is 11.3 Å². The molecule has 1 aromatic heterocycles. The average Bonchev–Trinajstić information content (AvgIpc) is 2.92. The lowest BCUT2D eigenvalue weighted by atomic mass is 9.95. The number of aliphatic imine (C=N–C) groups is 1. The van der Waals surface area contributed by atoms with Crippen molar-refractivity contribution in [3.05, 3.63) is 17.0 Å². The van der Waals surface area contributed by atoms with Gasteiger partial charge in [-0.2, -0.15) is 5.10 Å². The van der Waals surface area contributed by atoms with Crippen LogP contribution in [0, 0.1) is 19.8 Å². The summed E-state index contributed by atoms with van der Waals surface area (Å²) in [5, 5.41) is 11.4. The largest absolute Gasteiger partial charge is 0.444 e. The molecule has 2 heterocycles. The minimum atomic E-state index is -0.451. The summed E-state index contributed by atoms with van der Waals surface area (Å²) in [4.78, 5) is 18.6. The molecular formula is C23H42N6O2. The Bertz CT molecular complexity index is 765. The van der Waals surface area contributed by atoms with Crippen LogP contribution in [0.25, 0.3) is 0 Å². The van der Waals surface area contributed by atoms with Crippen LogP contribution in [0.1, 0.15) is 63.9 Å². The van der Waals surface area contributed by atoms with Gasteiger partial charge in [-0.25, -0.2) is 4.79 Å². The molecule has 8 nitrogen and oxygen atoms in total. The van der Waals surface area contributed by atoms with Crippen LogP contribution in [-0.2, 0) is 18.2 Å². The molecule has 31 heavy (non-hydrogen) atoms. The fraction of sp³-hybridized carbons (Fsp3) is 0.783. The standard InChI is InChI=1S/C23H42N6O2/c1-16(14-20-17(2)27-28(8)18(20)3)26-21(24-7)25-12-11-19-10-9-13-29(15-19)22(30)31-23(4,5)6/h16,19H,9-15H2,1-8H3,(H2,24,25,26). The highest BCUT2D eigenvalue weighted by molar-refractivity contribution is 5.79. The summed E-state index contributed by atoms with van der Waals surface area (Å²) in [6.07, 6.45) is 3.87. The van der Waals surface area contributed by atoms with Crippen molar-refractivity contribution in [2.45, 2.75) is 78.9 Å². The van der Waals surface area contributed by atoms with Gasteiger partial charge in [0, 0.05) is 45.5 Å². The number of ether oxygens (including phenoxy) is 1. The first-order valence-electron chi connectivity index (χ1n) is 11.4. The number of likely N-dealkylation sites (tertiary alicyclic amines) is 1. The minimum Gasteiger partial charge on any atom is -0.444 e. The van der Waals surface area contributed by atoms with Gasteiger partial charge in [-0.15, -0.1) is 0 Å². The van der Waals surface area contributed by atoms with Gasteiger partial charge in [-0.1, -0.05) is 0 Å². The molecule has 2 unspecified atom stereocenters. The van der Waals surface area contributed by atoms with Crippen LogP contribution in [0.2, 0.25) is 0 Å². The maximum Gasteiger partial charge on any atom is 0.410 e. The van der Waals surface area contributed by atoms with E-state index in [2.05, 4.69) is 41.5 Å². The van der Waals surface area contributed by atoms with Crippen molar-refractivity contribution in [3.63, 3.8) is 0 Å². The van der Waals surface area contributed by atoms with Gasteiger partial charge in [0.25, 0.3) is 0 Å². The Morgan fingerprint density at radius 2 is 2.06 bits per heavy atom. The van der Waals surface area contributed by atoms with Crippen LogP contribution in [0.4, 0.5) is 4.79 Å². The van der Waals surface area contributed by atoms with Crippen molar-refractivity contribution in [1.82, 2.24) is 25.3 Å². The Hall–Kier alpha value is -2.25. The summed E-state index contributed by atoms with van der Waals surface area (Å²) in [7, 11) is 3.78. The third-order valence-electron chi connectivity index (χ3n) is 5.79. The number of nitrogens with zero attached hydrogens (tertiary/aromatic N) is 4. The second-order valence-corrected chi connectivity index (χ2v) is 9.74. The van der Waals surface area contributed by atoms with Crippen LogP contribution < -0.4 is 10.6 Å². The summed E-state index contributed by atoms with van der Waals surface area (Å²) in [6, 6.07) is 0.241. The van der Waals surface area contributed by atoms with Gasteiger partial charge in [0.1, 0.15) is 5.60 Å². The first kappa shape index (κ1) is 25.0. The molecular weight excluding hydrogens is 392 g/mol. The highest BCUT2D eigenvalue weighted by atomic mass is 16.6. The van der Waals surface area contributed by atoms with Crippen LogP contribution in [-0.4, -0.2) is 65.1 Å². The second-order valence-electron chi connectivity index (χ2n) is 9.74. The maximum absolute atomic E-state index is 12.4. The van der Waals surface area contributed by atoms with E-state index in [1.807, 2.05) is 37.4 Å². The molecule has 1 aromatic rings. The highest BCUT2D eigenvalue weighted by Gasteiger charge is 2.27. The number of hydrogen-bond acceptors (Lipinski definition) is 4. The van der Waals surface area contributed by atoms with Crippen molar-refractivity contribution in [2.75, 3.05) is 26.7 Å². The average molecular weight is 435 g/mol. The summed E-state index contributed by atoms with van der Waals surface area (Å²) in [5.41, 5.74) is 3.14. The highest BCUT2D eigenvalue weighted by Crippen LogP contribution is 2.21. The molecule has 0 spiro atoms. The van der Waals surface area contributed by atoms with Crippen molar-refractivity contribution in [1.29, 1.82) is 0 Å². The zero-order valence-corrected chi connectivity index (χ0v) is 20.7. The van der Waals surface area contributed by atoms with E-state index in [-0.39, 0.29) is 12.1 Å². The van der Waals surface area contributed by atoms with Crippen LogP contribution in [0.15, 0.2) is 4.99 Å². The molecule has 8 heteroatoms. The molecule has 1 aliphatic rings. The van der Waals surface area contributed by atoms with E-state index in [0.29, 0.717) is 5.92 Å². The third kappa shape index (κ3) is 7.74. The predicted octanol–water partition coefficient (Wildman–Crippen LogP) is 3.17. The van der Waals surface area contributed by atoms with Crippen LogP contribution >= 0.6 is 0 Å². The van der Waals surface area contributed by atoms with Crippen LogP contribution in [0.3, 0.4) is 0 Å². The van der Waals surface area contributed by atoms with E-state index in [1.54, 1.807) is 7.05 Å². The molecule has 0 saturated carbocycles. The Morgan fingerprint density at radius 1 is 1.35 bits per heavy atom. The Labute approximate surface area is 187 Å². The smallest absolute Gasteiger partial charge is 0.410 e. The summed E-state index contributed by atoms with van der Waals surface area (Å²) in [6.45, 7) is 14.4. The molecule has 2 rings (SSSR count). The number of carbonyl (C=O) groups is 1. The van der Waals surface area contributed by atoms with E-state index in [9.17, 15) is 4.79 Å². The fourth-order valence-corrected chi connectivity index (χ4v) is 4.09. The van der Waals surface area contributed by atoms with Gasteiger partial charge in [-0.3, -0.25) is 9.67 Å². The molecule has 1 amide bonds. The fourth-order valence-electron chi connectivity index (χ4n) is 4.09. The quantitative estimate of drug-likeness (QED) is 0.531. The number of carbonyl (C=O) groups excluding carboxylic acids is 1. The predicted molar refractivity (Wildman–Crippen MR) is 125 cm³/mol. The molecule has 1 saturated heterocycles. The molecule has 0 aromatic carbocycles. The first-order valence-corrected chi connectivity index (χ1v) is 11.4. The lowest BCUT2D eigenvalue weighted by Crippen LogP contribution is -2.45. The molecule has 2 atom stereocenters. The van der Waals surface area contributed by atoms with Crippen molar-refractivity contribution in [2.24, 2.45) is 18.0 Å². The van der Waals surface area contributed by atoms with Crippen molar-refractivity contribution >= 4 is 12.1 Å². The summed E-state index contributed by atoms with van der Waals surface area (Å²) >= 11 is 0. The Balaban J connectivity index is 1.77. The second kappa shape index (κ2) is 10.9. The van der Waals surface area contributed by atoms with Gasteiger partial charge >= 0.3 is 6.09 Å². The molecule has 0 bridgehead atoms. The van der Waals surface area contributed by atoms with Gasteiger partial charge in [0.15, 0.2) is 5.96 Å². The summed E-state index contributed by atoms with van der Waals surface area (Å²) < 4.78 is 7.47. The number of aryl methyl sites for hydroxylation is 2. The van der Waals surface area contributed by atoms with Gasteiger partial charge < -0.3 is 20.3 Å². The molecule has 0 aliphatic carbocycles. The monoisotopic (exact) mass is 434 g/mol. The topological polar surface area (TPSA) is 83.8 Å². The van der Waals surface area contributed by atoms with Crippen molar-refractivity contribution < 1.29 is 9.53 Å². The molecule has 2 N–H and O–H groups in total. The van der Waals surface area contributed by atoms with Gasteiger partial charge in [-0.05, 0) is 78.7 Å². The number of aromatic nitrogens is 2. The number of hydrogen-bond donors (Lipinski definition) is 2. The van der Waals surface area contributed by atoms with E-state index in [0.717, 1.165) is 57.0 Å². The van der Waals surface area contributed by atoms with E-state index in [4.69, 9.17) is 4.74 Å². The summed E-state index contributed by atoms with van der Waals surface area (Å²) in [5.74, 6) is 1.29. The molecule has 1 aliphatic heterocycles. The zero-order chi connectivity index (χ0) is 23.2. The van der Waals surface area contributed by atoms with E-state index >= 15 is 0 Å². The SMILES string of the molecule is CN=C(NCCC1CCCN(C(=O)OC(C)(C)C)C1)NC(C)Cc1c(C)nn(C)c1C. The van der Waals surface area contributed by atoms with E-state index < -0.39 is 5.60 Å². The minimum absolute atomic E-state index is 0.197. The number of rotatable bonds is 6. The normalized spacial score (nSPS) is 18.6. The number of guanidine groups is 1. The number of nitrogens with one attached hydrogen (secondary N) is 2. The number of amides is 1. The Morgan fingerprint density at radius 3 is 2.65 bits per heavy atom. The lowest BCUT2D eigenvalue weighted by Gasteiger charge is -2.34. The lowest BCUT2D eigenvalue weighted by molar-refractivity contribution is 0.0162. The third-order valence-corrected chi connectivity index (χ3v) is 5.79. The first-order chi connectivity index (χ1) is 14.5. The van der Waals surface area contributed by atoms with Gasteiger partial charge in [0.2, 0.25) is 0 Å².